The number of amides is 1. The topological polar surface area (TPSA) is 133 Å². The fourth-order valence-corrected chi connectivity index (χ4v) is 5.19. The van der Waals surface area contributed by atoms with Gasteiger partial charge < -0.3 is 24.8 Å². The fourth-order valence-electron chi connectivity index (χ4n) is 5.19. The van der Waals surface area contributed by atoms with Crippen LogP contribution in [0.1, 0.15) is 36.3 Å². The van der Waals surface area contributed by atoms with E-state index >= 15 is 0 Å². The smallest absolute Gasteiger partial charge is 0.419 e. The molecule has 2 atom stereocenters. The van der Waals surface area contributed by atoms with Crippen molar-refractivity contribution in [2.75, 3.05) is 18.5 Å². The SMILES string of the molecule is Cc1noc(C)c1-c1ccc2c(-c3nc(N[C@H]4CCC[C@@H]4N(CCF)C(=O)O)ncc3C(F)(F)F)c[nH]c2n1. The standard InChI is InChI=1S/C25H25F4N7O3/c1-12-20(13(2)39-35-12)18-7-6-14-15(10-30-22(14)32-18)21-16(25(27,28)29)11-31-23(34-21)33-17-4-3-5-19(17)36(9-8-26)24(37)38/h6-7,10-11,17,19H,3-5,8-9H2,1-2H3,(H,30,32)(H,37,38)(H,31,33,34)/t17-,19-/m0/s1. The van der Waals surface area contributed by atoms with E-state index in [1.807, 2.05) is 0 Å². The zero-order valence-electron chi connectivity index (χ0n) is 21.0. The van der Waals surface area contributed by atoms with E-state index in [1.165, 1.54) is 6.20 Å². The number of aromatic amines is 1. The van der Waals surface area contributed by atoms with Crippen LogP contribution in [0.25, 0.3) is 33.5 Å². The average Bonchev–Trinajstić information content (AvgIpc) is 3.60. The largest absolute Gasteiger partial charge is 0.465 e. The molecule has 1 aliphatic carbocycles. The Morgan fingerprint density at radius 3 is 2.72 bits per heavy atom. The van der Waals surface area contributed by atoms with Crippen LogP contribution in [0.3, 0.4) is 0 Å². The molecule has 4 aromatic rings. The van der Waals surface area contributed by atoms with Gasteiger partial charge in [-0.2, -0.15) is 13.2 Å². The molecule has 0 radical (unpaired) electrons. The summed E-state index contributed by atoms with van der Waals surface area (Å²) in [5, 5.41) is 16.8. The lowest BCUT2D eigenvalue weighted by atomic mass is 10.1. The number of carbonyl (C=O) groups is 1. The highest BCUT2D eigenvalue weighted by Crippen LogP contribution is 2.39. The van der Waals surface area contributed by atoms with Crippen LogP contribution in [0, 0.1) is 13.8 Å². The number of nitrogens with one attached hydrogen (secondary N) is 2. The molecule has 3 N–H and O–H groups in total. The summed E-state index contributed by atoms with van der Waals surface area (Å²) in [5.41, 5.74) is 1.03. The Hall–Kier alpha value is -4.23. The molecule has 1 fully saturated rings. The van der Waals surface area contributed by atoms with Crippen molar-refractivity contribution in [3.8, 4) is 22.5 Å². The van der Waals surface area contributed by atoms with Crippen molar-refractivity contribution in [3.63, 3.8) is 0 Å². The second kappa shape index (κ2) is 10.2. The number of anilines is 1. The first kappa shape index (κ1) is 26.4. The Bertz CT molecular complexity index is 1500. The molecule has 1 saturated carbocycles. The normalized spacial score (nSPS) is 17.6. The molecule has 14 heteroatoms. The number of nitrogens with zero attached hydrogens (tertiary/aromatic N) is 5. The maximum Gasteiger partial charge on any atom is 0.419 e. The lowest BCUT2D eigenvalue weighted by Crippen LogP contribution is -2.47. The molecule has 10 nitrogen and oxygen atoms in total. The van der Waals surface area contributed by atoms with E-state index in [0.717, 1.165) is 4.90 Å². The third-order valence-corrected chi connectivity index (χ3v) is 6.94. The van der Waals surface area contributed by atoms with Crippen molar-refractivity contribution < 1.29 is 32.0 Å². The molecular formula is C25H25F4N7O3. The minimum atomic E-state index is -4.74. The van der Waals surface area contributed by atoms with E-state index in [1.54, 1.807) is 26.0 Å². The molecule has 39 heavy (non-hydrogen) atoms. The third kappa shape index (κ3) is 4.98. The van der Waals surface area contributed by atoms with Gasteiger partial charge in [-0.25, -0.2) is 24.1 Å². The van der Waals surface area contributed by atoms with Crippen molar-refractivity contribution in [2.24, 2.45) is 0 Å². The van der Waals surface area contributed by atoms with Crippen LogP contribution < -0.4 is 5.32 Å². The van der Waals surface area contributed by atoms with Gasteiger partial charge >= 0.3 is 12.3 Å². The number of fused-ring (bicyclic) bond motifs is 1. The Labute approximate surface area is 219 Å². The van der Waals surface area contributed by atoms with E-state index in [0.29, 0.717) is 59.2 Å². The van der Waals surface area contributed by atoms with Crippen LogP contribution in [0.2, 0.25) is 0 Å². The summed E-state index contributed by atoms with van der Waals surface area (Å²) in [5.74, 6) is 0.477. The summed E-state index contributed by atoms with van der Waals surface area (Å²) in [6.45, 7) is 2.37. The summed E-state index contributed by atoms with van der Waals surface area (Å²) >= 11 is 0. The van der Waals surface area contributed by atoms with Gasteiger partial charge in [-0.15, -0.1) is 0 Å². The monoisotopic (exact) mass is 547 g/mol. The first-order valence-corrected chi connectivity index (χ1v) is 12.3. The molecule has 1 aliphatic rings. The van der Waals surface area contributed by atoms with E-state index < -0.39 is 36.6 Å². The summed E-state index contributed by atoms with van der Waals surface area (Å²) in [6.07, 6.45) is -2.22. The molecule has 0 unspecified atom stereocenters. The van der Waals surface area contributed by atoms with E-state index in [-0.39, 0.29) is 23.8 Å². The number of H-pyrrole nitrogens is 1. The highest BCUT2D eigenvalue weighted by atomic mass is 19.4. The highest BCUT2D eigenvalue weighted by Gasteiger charge is 2.38. The summed E-state index contributed by atoms with van der Waals surface area (Å²) in [7, 11) is 0. The van der Waals surface area contributed by atoms with Gasteiger partial charge in [0.15, 0.2) is 0 Å². The van der Waals surface area contributed by atoms with E-state index in [9.17, 15) is 27.5 Å². The van der Waals surface area contributed by atoms with Gasteiger partial charge in [0, 0.05) is 29.4 Å². The molecule has 0 saturated heterocycles. The van der Waals surface area contributed by atoms with Crippen molar-refractivity contribution in [1.29, 1.82) is 0 Å². The number of hydrogen-bond donors (Lipinski definition) is 3. The van der Waals surface area contributed by atoms with Gasteiger partial charge in [0.2, 0.25) is 5.95 Å². The number of alkyl halides is 4. The maximum absolute atomic E-state index is 14.0. The Morgan fingerprint density at radius 1 is 1.26 bits per heavy atom. The van der Waals surface area contributed by atoms with Crippen LogP contribution >= 0.6 is 0 Å². The molecule has 206 valence electrons. The molecule has 0 aliphatic heterocycles. The Balaban J connectivity index is 1.53. The fraction of sp³-hybridized carbons (Fsp3) is 0.400. The van der Waals surface area contributed by atoms with Crippen molar-refractivity contribution in [1.82, 2.24) is 30.0 Å². The molecule has 4 aromatic heterocycles. The van der Waals surface area contributed by atoms with Crippen molar-refractivity contribution in [3.05, 3.63) is 41.5 Å². The summed E-state index contributed by atoms with van der Waals surface area (Å²) in [4.78, 5) is 28.3. The minimum absolute atomic E-state index is 0.0878. The second-order valence-corrected chi connectivity index (χ2v) is 9.36. The van der Waals surface area contributed by atoms with Gasteiger partial charge in [0.05, 0.1) is 35.2 Å². The van der Waals surface area contributed by atoms with Crippen molar-refractivity contribution in [2.45, 2.75) is 51.4 Å². The number of pyridine rings is 1. The number of halogens is 4. The predicted molar refractivity (Wildman–Crippen MR) is 133 cm³/mol. The third-order valence-electron chi connectivity index (χ3n) is 6.94. The summed E-state index contributed by atoms with van der Waals surface area (Å²) in [6, 6.07) is 2.28. The van der Waals surface area contributed by atoms with Gasteiger partial charge in [-0.05, 0) is 45.2 Å². The van der Waals surface area contributed by atoms with Gasteiger partial charge in [-0.1, -0.05) is 5.16 Å². The molecular weight excluding hydrogens is 522 g/mol. The molecule has 0 aromatic carbocycles. The predicted octanol–water partition coefficient (Wildman–Crippen LogP) is 5.59. The number of rotatable bonds is 7. The molecule has 0 spiro atoms. The van der Waals surface area contributed by atoms with E-state index in [2.05, 4.69) is 30.4 Å². The zero-order chi connectivity index (χ0) is 27.9. The summed E-state index contributed by atoms with van der Waals surface area (Å²) < 4.78 is 60.2. The number of carboxylic acid groups (broad SMARTS) is 1. The average molecular weight is 548 g/mol. The van der Waals surface area contributed by atoms with Gasteiger partial charge in [-0.3, -0.25) is 0 Å². The minimum Gasteiger partial charge on any atom is -0.465 e. The molecule has 5 rings (SSSR count). The molecule has 4 heterocycles. The lowest BCUT2D eigenvalue weighted by molar-refractivity contribution is -0.137. The first-order valence-electron chi connectivity index (χ1n) is 12.3. The van der Waals surface area contributed by atoms with Crippen LogP contribution in [0.15, 0.2) is 29.0 Å². The Kier molecular flexibility index (Phi) is 6.87. The van der Waals surface area contributed by atoms with Crippen LogP contribution in [0.5, 0.6) is 0 Å². The number of aromatic nitrogens is 5. The quantitative estimate of drug-likeness (QED) is 0.255. The van der Waals surface area contributed by atoms with Gasteiger partial charge in [0.1, 0.15) is 23.6 Å². The zero-order valence-corrected chi connectivity index (χ0v) is 21.0. The van der Waals surface area contributed by atoms with Crippen LogP contribution in [-0.4, -0.2) is 66.5 Å². The van der Waals surface area contributed by atoms with E-state index in [4.69, 9.17) is 4.52 Å². The lowest BCUT2D eigenvalue weighted by Gasteiger charge is -2.30. The first-order chi connectivity index (χ1) is 18.6. The van der Waals surface area contributed by atoms with Gasteiger partial charge in [0.25, 0.3) is 0 Å². The molecule has 1 amide bonds. The maximum atomic E-state index is 14.0. The van der Waals surface area contributed by atoms with Crippen LogP contribution in [-0.2, 0) is 6.18 Å². The molecule has 0 bridgehead atoms. The second-order valence-electron chi connectivity index (χ2n) is 9.36. The Morgan fingerprint density at radius 2 is 2.05 bits per heavy atom. The number of aryl methyl sites for hydroxylation is 2. The van der Waals surface area contributed by atoms with Crippen molar-refractivity contribution >= 4 is 23.1 Å². The number of hydrogen-bond acceptors (Lipinski definition) is 7. The highest BCUT2D eigenvalue weighted by molar-refractivity contribution is 5.94. The van der Waals surface area contributed by atoms with Crippen LogP contribution in [0.4, 0.5) is 28.3 Å².